The van der Waals surface area contributed by atoms with E-state index in [9.17, 15) is 9.90 Å². The summed E-state index contributed by atoms with van der Waals surface area (Å²) in [4.78, 5) is 19.1. The van der Waals surface area contributed by atoms with Gasteiger partial charge in [0.1, 0.15) is 11.4 Å². The highest BCUT2D eigenvalue weighted by Gasteiger charge is 2.32. The number of aromatic nitrogens is 1. The highest BCUT2D eigenvalue weighted by molar-refractivity contribution is 5.95. The number of β-amino-alcohol motifs (C(OH)–C–C–N with tert-alkyl or cyclic N) is 1. The maximum atomic E-state index is 12.4. The Balaban J connectivity index is 1.72. The number of nitrogens with zero attached hydrogens (tertiary/aromatic N) is 2. The first-order valence-electron chi connectivity index (χ1n) is 10.3. The van der Waals surface area contributed by atoms with Crippen molar-refractivity contribution < 1.29 is 14.6 Å². The fourth-order valence-corrected chi connectivity index (χ4v) is 4.18. The van der Waals surface area contributed by atoms with Crippen molar-refractivity contribution in [3.8, 4) is 0 Å². The Morgan fingerprint density at radius 2 is 2.04 bits per heavy atom. The lowest BCUT2D eigenvalue weighted by atomic mass is 9.92. The summed E-state index contributed by atoms with van der Waals surface area (Å²) in [5.74, 6) is 0.284. The molecule has 6 heteroatoms. The number of anilines is 1. The number of aliphatic hydroxyl groups excluding tert-OH is 1. The maximum Gasteiger partial charge on any atom is 0.341 e. The average molecular weight is 376 g/mol. The molecule has 0 aromatic carbocycles. The number of piperidine rings is 1. The molecule has 27 heavy (non-hydrogen) atoms. The third-order valence-electron chi connectivity index (χ3n) is 5.88. The first-order valence-corrected chi connectivity index (χ1v) is 10.3. The topological polar surface area (TPSA) is 74.7 Å². The average Bonchev–Trinajstić information content (AvgIpc) is 2.66. The number of hydrogen-bond acceptors (Lipinski definition) is 6. The van der Waals surface area contributed by atoms with Gasteiger partial charge in [-0.25, -0.2) is 9.78 Å². The number of carbonyl (C=O) groups is 1. The number of esters is 1. The second-order valence-electron chi connectivity index (χ2n) is 7.89. The molecular weight excluding hydrogens is 342 g/mol. The molecule has 0 spiro atoms. The summed E-state index contributed by atoms with van der Waals surface area (Å²) in [6.45, 7) is 7.28. The van der Waals surface area contributed by atoms with Crippen molar-refractivity contribution in [2.75, 3.05) is 24.6 Å². The van der Waals surface area contributed by atoms with Crippen LogP contribution in [0, 0.1) is 13.8 Å². The molecule has 2 aliphatic rings. The van der Waals surface area contributed by atoms with Crippen molar-refractivity contribution in [2.45, 2.75) is 77.5 Å². The molecule has 0 amide bonds. The molecule has 2 N–H and O–H groups in total. The summed E-state index contributed by atoms with van der Waals surface area (Å²) in [5.41, 5.74) is 2.36. The van der Waals surface area contributed by atoms with E-state index in [1.165, 1.54) is 32.1 Å². The van der Waals surface area contributed by atoms with Crippen molar-refractivity contribution in [3.05, 3.63) is 22.9 Å². The van der Waals surface area contributed by atoms with E-state index in [0.29, 0.717) is 30.6 Å². The molecule has 1 aromatic rings. The van der Waals surface area contributed by atoms with E-state index in [-0.39, 0.29) is 12.0 Å². The van der Waals surface area contributed by atoms with Gasteiger partial charge in [-0.15, -0.1) is 0 Å². The third kappa shape index (κ3) is 4.79. The summed E-state index contributed by atoms with van der Waals surface area (Å²) in [7, 11) is 0. The smallest absolute Gasteiger partial charge is 0.341 e. The van der Waals surface area contributed by atoms with Crippen LogP contribution in [0.4, 0.5) is 5.82 Å². The predicted octanol–water partition coefficient (Wildman–Crippen LogP) is 2.74. The van der Waals surface area contributed by atoms with E-state index in [1.54, 1.807) is 6.92 Å². The predicted molar refractivity (Wildman–Crippen MR) is 106 cm³/mol. The summed E-state index contributed by atoms with van der Waals surface area (Å²) in [6, 6.07) is 2.50. The van der Waals surface area contributed by atoms with Crippen LogP contribution in [0.5, 0.6) is 0 Å². The lowest BCUT2D eigenvalue weighted by Crippen LogP contribution is -2.55. The molecule has 2 atom stereocenters. The van der Waals surface area contributed by atoms with Crippen LogP contribution in [0.3, 0.4) is 0 Å². The van der Waals surface area contributed by atoms with E-state index in [0.717, 1.165) is 24.2 Å². The molecule has 0 bridgehead atoms. The first kappa shape index (κ1) is 20.1. The fourth-order valence-electron chi connectivity index (χ4n) is 4.18. The Kier molecular flexibility index (Phi) is 6.71. The molecule has 1 aliphatic heterocycles. The van der Waals surface area contributed by atoms with E-state index in [1.807, 2.05) is 24.8 Å². The molecule has 0 radical (unpaired) electrons. The molecule has 1 aliphatic carbocycles. The van der Waals surface area contributed by atoms with Crippen LogP contribution in [-0.2, 0) is 4.74 Å². The molecule has 2 fully saturated rings. The largest absolute Gasteiger partial charge is 0.462 e. The van der Waals surface area contributed by atoms with Crippen molar-refractivity contribution in [1.29, 1.82) is 0 Å². The quantitative estimate of drug-likeness (QED) is 0.771. The number of nitrogens with one attached hydrogen (secondary N) is 1. The van der Waals surface area contributed by atoms with Crippen LogP contribution < -0.4 is 10.2 Å². The van der Waals surface area contributed by atoms with Gasteiger partial charge in [0.15, 0.2) is 0 Å². The van der Waals surface area contributed by atoms with Crippen LogP contribution >= 0.6 is 0 Å². The van der Waals surface area contributed by atoms with Gasteiger partial charge in [-0.3, -0.25) is 0 Å². The number of rotatable bonds is 5. The zero-order valence-corrected chi connectivity index (χ0v) is 16.8. The highest BCUT2D eigenvalue weighted by Crippen LogP contribution is 2.26. The summed E-state index contributed by atoms with van der Waals surface area (Å²) in [5, 5.41) is 14.4. The van der Waals surface area contributed by atoms with Gasteiger partial charge >= 0.3 is 5.97 Å². The van der Waals surface area contributed by atoms with Gasteiger partial charge in [-0.2, -0.15) is 0 Å². The zero-order chi connectivity index (χ0) is 19.4. The Morgan fingerprint density at radius 3 is 2.70 bits per heavy atom. The molecule has 1 aromatic heterocycles. The Bertz CT molecular complexity index is 658. The molecule has 2 heterocycles. The maximum absolute atomic E-state index is 12.4. The van der Waals surface area contributed by atoms with E-state index < -0.39 is 6.10 Å². The lowest BCUT2D eigenvalue weighted by molar-refractivity contribution is 0.0525. The normalized spacial score (nSPS) is 24.1. The summed E-state index contributed by atoms with van der Waals surface area (Å²) >= 11 is 0. The van der Waals surface area contributed by atoms with Crippen LogP contribution in [-0.4, -0.2) is 53.9 Å². The molecule has 1 unspecified atom stereocenters. The summed E-state index contributed by atoms with van der Waals surface area (Å²) in [6.07, 6.45) is 6.67. The number of pyridine rings is 1. The Labute approximate surface area is 162 Å². The number of aliphatic hydroxyl groups is 1. The van der Waals surface area contributed by atoms with Gasteiger partial charge in [-0.1, -0.05) is 19.3 Å². The zero-order valence-electron chi connectivity index (χ0n) is 16.8. The van der Waals surface area contributed by atoms with Crippen LogP contribution in [0.15, 0.2) is 6.07 Å². The summed E-state index contributed by atoms with van der Waals surface area (Å²) < 4.78 is 5.22. The minimum atomic E-state index is -0.473. The van der Waals surface area contributed by atoms with E-state index >= 15 is 0 Å². The number of hydrogen-bond donors (Lipinski definition) is 2. The lowest BCUT2D eigenvalue weighted by Gasteiger charge is -2.40. The minimum Gasteiger partial charge on any atom is -0.462 e. The number of carbonyl (C=O) groups excluding carboxylic acids is 1. The molecule has 1 saturated carbocycles. The Hall–Kier alpha value is -1.66. The van der Waals surface area contributed by atoms with Crippen LogP contribution in [0.1, 0.15) is 67.1 Å². The highest BCUT2D eigenvalue weighted by atomic mass is 16.5. The number of ether oxygens (including phenoxy) is 1. The van der Waals surface area contributed by atoms with Crippen molar-refractivity contribution in [1.82, 2.24) is 10.3 Å². The standard InChI is InChI=1S/C21H33N3O3/c1-4-27-21(26)17-12-14(2)15(3)22-20(17)24-11-10-18(19(25)13-24)23-16-8-6-5-7-9-16/h12,16,18-19,23,25H,4-11,13H2,1-3H3/t18?,19-/m1/s1. The molecule has 6 nitrogen and oxygen atoms in total. The van der Waals surface area contributed by atoms with Crippen LogP contribution in [0.25, 0.3) is 0 Å². The van der Waals surface area contributed by atoms with Gasteiger partial charge in [-0.05, 0) is 51.7 Å². The van der Waals surface area contributed by atoms with E-state index in [4.69, 9.17) is 4.74 Å². The minimum absolute atomic E-state index is 0.113. The van der Waals surface area contributed by atoms with Crippen molar-refractivity contribution >= 4 is 11.8 Å². The molecular formula is C21H33N3O3. The van der Waals surface area contributed by atoms with Gasteiger partial charge < -0.3 is 20.1 Å². The van der Waals surface area contributed by atoms with Gasteiger partial charge in [0.05, 0.1) is 12.7 Å². The second-order valence-corrected chi connectivity index (χ2v) is 7.89. The third-order valence-corrected chi connectivity index (χ3v) is 5.88. The van der Waals surface area contributed by atoms with Gasteiger partial charge in [0.25, 0.3) is 0 Å². The SMILES string of the molecule is CCOC(=O)c1cc(C)c(C)nc1N1CCC(NC2CCCCC2)[C@H](O)C1. The molecule has 150 valence electrons. The van der Waals surface area contributed by atoms with Crippen LogP contribution in [0.2, 0.25) is 0 Å². The van der Waals surface area contributed by atoms with Gasteiger partial charge in [0.2, 0.25) is 0 Å². The molecule has 3 rings (SSSR count). The van der Waals surface area contributed by atoms with E-state index in [2.05, 4.69) is 10.3 Å². The van der Waals surface area contributed by atoms with Crippen molar-refractivity contribution in [3.63, 3.8) is 0 Å². The Morgan fingerprint density at radius 1 is 1.30 bits per heavy atom. The molecule has 1 saturated heterocycles. The monoisotopic (exact) mass is 375 g/mol. The fraction of sp³-hybridized carbons (Fsp3) is 0.714. The van der Waals surface area contributed by atoms with Gasteiger partial charge in [0, 0.05) is 30.9 Å². The second kappa shape index (κ2) is 9.02. The first-order chi connectivity index (χ1) is 13.0. The van der Waals surface area contributed by atoms with Crippen molar-refractivity contribution in [2.24, 2.45) is 0 Å². The number of aryl methyl sites for hydroxylation is 2.